The van der Waals surface area contributed by atoms with Crippen LogP contribution in [0.2, 0.25) is 0 Å². The van der Waals surface area contributed by atoms with E-state index in [1.165, 1.54) is 27.7 Å². The van der Waals surface area contributed by atoms with Gasteiger partial charge in [0.2, 0.25) is 0 Å². The molecule has 4 aliphatic carbocycles. The summed E-state index contributed by atoms with van der Waals surface area (Å²) in [5.74, 6) is 13.1. The number of carbonyl (C=O) groups excluding carboxylic acids is 2. The summed E-state index contributed by atoms with van der Waals surface area (Å²) in [7, 11) is 3.24. The molecule has 2 aromatic carbocycles. The molecule has 2 aliphatic heterocycles. The zero-order valence-corrected chi connectivity index (χ0v) is 35.9. The number of hydrogen-bond acceptors (Lipinski definition) is 10. The summed E-state index contributed by atoms with van der Waals surface area (Å²) in [5.41, 5.74) is 3.28. The van der Waals surface area contributed by atoms with Crippen LogP contribution in [0.4, 0.5) is 15.8 Å². The Morgan fingerprint density at radius 2 is 1.31 bits per heavy atom. The molecule has 10 rings (SSSR count). The molecule has 2 saturated heterocycles. The molecule has 0 N–H and O–H groups in total. The van der Waals surface area contributed by atoms with E-state index in [0.717, 1.165) is 48.6 Å². The number of nitrogens with zero attached hydrogens (tertiary/aromatic N) is 8. The van der Waals surface area contributed by atoms with Gasteiger partial charge >= 0.3 is 0 Å². The summed E-state index contributed by atoms with van der Waals surface area (Å²) in [6.45, 7) is 5.17. The first-order valence-electron chi connectivity index (χ1n) is 20.9. The van der Waals surface area contributed by atoms with E-state index in [2.05, 4.69) is 60.2 Å². The molecule has 0 bridgehead atoms. The molecule has 4 atom stereocenters. The Hall–Kier alpha value is -4.97. The molecule has 4 saturated carbocycles. The van der Waals surface area contributed by atoms with Gasteiger partial charge in [0.05, 0.1) is 68.8 Å². The van der Waals surface area contributed by atoms with Crippen molar-refractivity contribution in [3.8, 4) is 23.7 Å². The van der Waals surface area contributed by atoms with Crippen LogP contribution < -0.4 is 9.80 Å². The first kappa shape index (κ1) is 40.1. The largest absolute Gasteiger partial charge is 0.350 e. The molecule has 6 aliphatic rings. The molecule has 2 aromatic heterocycles. The van der Waals surface area contributed by atoms with Gasteiger partial charge in [-0.3, -0.25) is 9.59 Å². The molecule has 4 heterocycles. The molecule has 2 amide bonds. The minimum absolute atomic E-state index is 0.0978. The normalized spacial score (nSPS) is 25.2. The van der Waals surface area contributed by atoms with Crippen LogP contribution in [0.3, 0.4) is 0 Å². The number of rotatable bonds is 9. The number of ether oxygens (including phenoxy) is 4. The lowest BCUT2D eigenvalue weighted by atomic mass is 10.1. The third-order valence-corrected chi connectivity index (χ3v) is 13.6. The van der Waals surface area contributed by atoms with E-state index in [0.29, 0.717) is 62.6 Å². The summed E-state index contributed by atoms with van der Waals surface area (Å²) in [6.07, 6.45) is 8.82. The zero-order chi connectivity index (χ0) is 42.0. The highest BCUT2D eigenvalue weighted by atomic mass is 79.9. The maximum atomic E-state index is 16.0. The fourth-order valence-corrected chi connectivity index (χ4v) is 8.96. The highest BCUT2D eigenvalue weighted by molar-refractivity contribution is 9.10. The lowest BCUT2D eigenvalue weighted by Gasteiger charge is -2.29. The van der Waals surface area contributed by atoms with E-state index < -0.39 is 24.3 Å². The number of hydrogen-bond donors (Lipinski definition) is 0. The minimum Gasteiger partial charge on any atom is -0.350 e. The monoisotopic (exact) mass is 892 g/mol. The Labute approximate surface area is 361 Å². The molecule has 14 nitrogen and oxygen atoms in total. The van der Waals surface area contributed by atoms with Crippen LogP contribution in [-0.2, 0) is 32.0 Å². The SMILES string of the molecule is Cc1ccc(C#CC2CC2C2CC2C#Cc2ccc(N(C)C(=O)c3cn(CC4OCC5(CC5)CO4)nn3)c(Br)c2)c(F)c1N(C)C(=O)c1cn(CC2OCC3(CC3)CO2)nn1. The maximum absolute atomic E-state index is 16.0. The van der Waals surface area contributed by atoms with Gasteiger partial charge in [0, 0.05) is 46.8 Å². The van der Waals surface area contributed by atoms with Crippen molar-refractivity contribution in [3.05, 3.63) is 81.1 Å². The summed E-state index contributed by atoms with van der Waals surface area (Å²) in [6, 6.07) is 9.14. The predicted octanol–water partition coefficient (Wildman–Crippen LogP) is 5.61. The van der Waals surface area contributed by atoms with Gasteiger partial charge in [-0.1, -0.05) is 40.2 Å². The summed E-state index contributed by atoms with van der Waals surface area (Å²) >= 11 is 3.63. The lowest BCUT2D eigenvalue weighted by molar-refractivity contribution is -0.213. The first-order chi connectivity index (χ1) is 29.5. The summed E-state index contributed by atoms with van der Waals surface area (Å²) in [4.78, 5) is 29.6. The van der Waals surface area contributed by atoms with Crippen LogP contribution >= 0.6 is 15.9 Å². The molecule has 16 heteroatoms. The quantitative estimate of drug-likeness (QED) is 0.195. The van der Waals surface area contributed by atoms with Crippen molar-refractivity contribution < 1.29 is 32.9 Å². The third kappa shape index (κ3) is 8.49. The number of carbonyl (C=O) groups is 2. The number of benzene rings is 2. The molecule has 4 aromatic rings. The predicted molar refractivity (Wildman–Crippen MR) is 222 cm³/mol. The minimum atomic E-state index is -0.538. The average molecular weight is 894 g/mol. The van der Waals surface area contributed by atoms with Gasteiger partial charge in [0.25, 0.3) is 11.8 Å². The maximum Gasteiger partial charge on any atom is 0.280 e. The van der Waals surface area contributed by atoms with Crippen LogP contribution in [-0.4, -0.2) is 94.9 Å². The number of halogens is 2. The topological polar surface area (TPSA) is 139 Å². The van der Waals surface area contributed by atoms with E-state index in [9.17, 15) is 9.59 Å². The smallest absolute Gasteiger partial charge is 0.280 e. The Morgan fingerprint density at radius 1 is 0.787 bits per heavy atom. The van der Waals surface area contributed by atoms with Crippen molar-refractivity contribution in [3.63, 3.8) is 0 Å². The molecule has 4 unspecified atom stereocenters. The van der Waals surface area contributed by atoms with Crippen molar-refractivity contribution in [2.45, 2.75) is 71.1 Å². The van der Waals surface area contributed by atoms with Gasteiger partial charge < -0.3 is 28.7 Å². The van der Waals surface area contributed by atoms with Gasteiger partial charge in [0.15, 0.2) is 29.8 Å². The van der Waals surface area contributed by atoms with Crippen LogP contribution in [0.5, 0.6) is 0 Å². The number of anilines is 2. The molecular weight excluding hydrogens is 847 g/mol. The van der Waals surface area contributed by atoms with Crippen LogP contribution in [0, 0.1) is 70.9 Å². The molecular formula is C45H46BrFN8O6. The van der Waals surface area contributed by atoms with E-state index in [-0.39, 0.29) is 51.2 Å². The van der Waals surface area contributed by atoms with Gasteiger partial charge in [-0.05, 0) is 103 Å². The number of aryl methyl sites for hydroxylation is 1. The Balaban J connectivity index is 0.712. The molecule has 316 valence electrons. The van der Waals surface area contributed by atoms with Gasteiger partial charge in [0.1, 0.15) is 0 Å². The Kier molecular flexibility index (Phi) is 10.4. The average Bonchev–Trinajstić information content (AvgIpc) is 4.19. The van der Waals surface area contributed by atoms with Gasteiger partial charge in [-0.2, -0.15) is 0 Å². The fraction of sp³-hybridized carbons (Fsp3) is 0.511. The zero-order valence-electron chi connectivity index (χ0n) is 34.3. The number of aromatic nitrogens is 6. The van der Waals surface area contributed by atoms with E-state index in [1.807, 2.05) is 18.2 Å². The van der Waals surface area contributed by atoms with Gasteiger partial charge in [-0.25, -0.2) is 13.8 Å². The molecule has 61 heavy (non-hydrogen) atoms. The highest BCUT2D eigenvalue weighted by Gasteiger charge is 2.53. The van der Waals surface area contributed by atoms with Gasteiger partial charge in [-0.15, -0.1) is 10.2 Å². The standard InChI is InChI=1S/C45H46BrFN8O6/c1-27-4-7-29(40(47)41(27)53(3)43(57)36-20-55(51-49-36)22-39-60-25-45(14-15-45)26-61-39)9-10-31-18-33(31)32-17-30(32)8-5-28-6-11-37(34(46)16-28)52(2)42(56)35-19-54(50-48-35)21-38-58-23-44(12-13-44)24-59-38/h4,6-7,11,16,19-20,30-33,38-39H,12-15,17-18,21-26H2,1-3H3. The van der Waals surface area contributed by atoms with Crippen molar-refractivity contribution >= 4 is 39.1 Å². The van der Waals surface area contributed by atoms with Crippen LogP contribution in [0.1, 0.15) is 76.2 Å². The van der Waals surface area contributed by atoms with Crippen molar-refractivity contribution in [2.75, 3.05) is 50.3 Å². The van der Waals surface area contributed by atoms with Crippen molar-refractivity contribution in [1.29, 1.82) is 0 Å². The fourth-order valence-electron chi connectivity index (χ4n) is 8.31. The van der Waals surface area contributed by atoms with E-state index in [4.69, 9.17) is 18.9 Å². The second-order valence-electron chi connectivity index (χ2n) is 17.8. The molecule has 6 fully saturated rings. The van der Waals surface area contributed by atoms with Crippen LogP contribution in [0.25, 0.3) is 0 Å². The Morgan fingerprint density at radius 3 is 1.84 bits per heavy atom. The third-order valence-electron chi connectivity index (χ3n) is 13.0. The second kappa shape index (κ2) is 15.7. The van der Waals surface area contributed by atoms with Crippen molar-refractivity contribution in [2.24, 2.45) is 34.5 Å². The Bertz CT molecular complexity index is 2510. The summed E-state index contributed by atoms with van der Waals surface area (Å²) < 4.78 is 43.2. The lowest BCUT2D eigenvalue weighted by Crippen LogP contribution is -2.36. The van der Waals surface area contributed by atoms with Crippen molar-refractivity contribution in [1.82, 2.24) is 30.0 Å². The molecule has 0 radical (unpaired) electrons. The number of amides is 2. The second-order valence-corrected chi connectivity index (χ2v) is 18.6. The van der Waals surface area contributed by atoms with E-state index >= 15 is 4.39 Å². The summed E-state index contributed by atoms with van der Waals surface area (Å²) in [5, 5.41) is 16.4. The van der Waals surface area contributed by atoms with Crippen LogP contribution in [0.15, 0.2) is 47.2 Å². The first-order valence-corrected chi connectivity index (χ1v) is 21.7. The highest BCUT2D eigenvalue weighted by Crippen LogP contribution is 2.57. The van der Waals surface area contributed by atoms with E-state index in [1.54, 1.807) is 37.0 Å². The molecule has 2 spiro atoms.